The number of halogens is 6. The van der Waals surface area contributed by atoms with Crippen LogP contribution in [0.2, 0.25) is 0 Å². The summed E-state index contributed by atoms with van der Waals surface area (Å²) in [6.07, 6.45) is -8.47. The molecule has 8 heteroatoms. The molecule has 0 bridgehead atoms. The van der Waals surface area contributed by atoms with E-state index in [0.717, 1.165) is 24.3 Å². The molecule has 164 valence electrons. The Bertz CT molecular complexity index is 1110. The van der Waals surface area contributed by atoms with Crippen molar-refractivity contribution in [1.29, 1.82) is 0 Å². The standard InChI is InChI=1S/C24H15F6NO/c25-23(26,27)20-11-6-17(7-12-20)10-15-22(19-4-2-1-3-5-19)32-31-16-18-8-13-21(14-9-18)24(28,29)30/h1-9,11-14,16,22H/b31-16+. The molecular weight excluding hydrogens is 432 g/mol. The van der Waals surface area contributed by atoms with E-state index in [2.05, 4.69) is 17.0 Å². The minimum absolute atomic E-state index is 0.356. The maximum absolute atomic E-state index is 12.7. The fourth-order valence-electron chi connectivity index (χ4n) is 2.60. The fraction of sp³-hybridized carbons (Fsp3) is 0.125. The minimum atomic E-state index is -4.44. The number of nitrogens with zero attached hydrogens (tertiary/aromatic N) is 1. The largest absolute Gasteiger partial charge is 0.416 e. The van der Waals surface area contributed by atoms with Crippen molar-refractivity contribution >= 4 is 6.21 Å². The van der Waals surface area contributed by atoms with Crippen LogP contribution in [0.25, 0.3) is 0 Å². The van der Waals surface area contributed by atoms with Gasteiger partial charge in [0.05, 0.1) is 17.3 Å². The molecule has 0 amide bonds. The summed E-state index contributed by atoms with van der Waals surface area (Å²) in [5.41, 5.74) is -0.161. The van der Waals surface area contributed by atoms with Gasteiger partial charge in [0.25, 0.3) is 0 Å². The monoisotopic (exact) mass is 447 g/mol. The van der Waals surface area contributed by atoms with E-state index < -0.39 is 29.6 Å². The zero-order valence-corrected chi connectivity index (χ0v) is 16.3. The molecule has 0 saturated carbocycles. The molecule has 0 fully saturated rings. The third kappa shape index (κ3) is 6.38. The Morgan fingerprint density at radius 1 is 0.719 bits per heavy atom. The second kappa shape index (κ2) is 9.60. The van der Waals surface area contributed by atoms with Gasteiger partial charge in [-0.2, -0.15) is 26.3 Å². The minimum Gasteiger partial charge on any atom is -0.374 e. The van der Waals surface area contributed by atoms with Gasteiger partial charge < -0.3 is 4.84 Å². The summed E-state index contributed by atoms with van der Waals surface area (Å²) in [7, 11) is 0. The summed E-state index contributed by atoms with van der Waals surface area (Å²) in [6.45, 7) is 0. The number of alkyl halides is 6. The highest BCUT2D eigenvalue weighted by atomic mass is 19.4. The lowest BCUT2D eigenvalue weighted by atomic mass is 10.1. The number of hydrogen-bond donors (Lipinski definition) is 0. The molecular formula is C24H15F6NO. The summed E-state index contributed by atoms with van der Waals surface area (Å²) in [6, 6.07) is 17.5. The van der Waals surface area contributed by atoms with Gasteiger partial charge in [-0.05, 0) is 47.9 Å². The van der Waals surface area contributed by atoms with Crippen LogP contribution in [0.1, 0.15) is 33.9 Å². The summed E-state index contributed by atoms with van der Waals surface area (Å²) < 4.78 is 76.0. The predicted molar refractivity (Wildman–Crippen MR) is 108 cm³/mol. The first-order valence-corrected chi connectivity index (χ1v) is 9.23. The summed E-state index contributed by atoms with van der Waals surface area (Å²) >= 11 is 0. The molecule has 1 atom stereocenters. The summed E-state index contributed by atoms with van der Waals surface area (Å²) in [5.74, 6) is 5.56. The maximum atomic E-state index is 12.7. The Kier molecular flexibility index (Phi) is 6.89. The van der Waals surface area contributed by atoms with Crippen LogP contribution in [0.4, 0.5) is 26.3 Å². The van der Waals surface area contributed by atoms with Gasteiger partial charge in [0.15, 0.2) is 0 Å². The molecule has 0 heterocycles. The zero-order valence-electron chi connectivity index (χ0n) is 16.3. The average Bonchev–Trinajstić information content (AvgIpc) is 2.76. The van der Waals surface area contributed by atoms with Gasteiger partial charge in [-0.1, -0.05) is 53.5 Å². The number of hydrogen-bond acceptors (Lipinski definition) is 2. The molecule has 0 saturated heterocycles. The van der Waals surface area contributed by atoms with Crippen LogP contribution in [-0.2, 0) is 17.2 Å². The Labute approximate surface area is 180 Å². The molecule has 3 aromatic rings. The number of oxime groups is 1. The van der Waals surface area contributed by atoms with E-state index in [1.165, 1.54) is 30.5 Å². The molecule has 0 aromatic heterocycles. The number of rotatable bonds is 4. The molecule has 0 radical (unpaired) electrons. The van der Waals surface area contributed by atoms with E-state index in [1.807, 2.05) is 0 Å². The van der Waals surface area contributed by atoms with Crippen molar-refractivity contribution in [3.05, 3.63) is 107 Å². The molecule has 3 aromatic carbocycles. The van der Waals surface area contributed by atoms with E-state index in [4.69, 9.17) is 4.84 Å². The van der Waals surface area contributed by atoms with Gasteiger partial charge in [0.2, 0.25) is 6.10 Å². The maximum Gasteiger partial charge on any atom is 0.416 e. The van der Waals surface area contributed by atoms with Crippen molar-refractivity contribution in [3.8, 4) is 11.8 Å². The van der Waals surface area contributed by atoms with Crippen LogP contribution in [0.15, 0.2) is 84.0 Å². The number of benzene rings is 3. The van der Waals surface area contributed by atoms with Crippen molar-refractivity contribution in [3.63, 3.8) is 0 Å². The molecule has 2 nitrogen and oxygen atoms in total. The first kappa shape index (κ1) is 22.9. The molecule has 0 aliphatic carbocycles. The first-order chi connectivity index (χ1) is 15.1. The lowest BCUT2D eigenvalue weighted by Crippen LogP contribution is -2.04. The van der Waals surface area contributed by atoms with Crippen molar-refractivity contribution in [2.45, 2.75) is 18.5 Å². The highest BCUT2D eigenvalue weighted by molar-refractivity contribution is 5.79. The normalized spacial score (nSPS) is 12.8. The lowest BCUT2D eigenvalue weighted by Gasteiger charge is -2.09. The molecule has 0 spiro atoms. The Morgan fingerprint density at radius 2 is 1.25 bits per heavy atom. The molecule has 0 N–H and O–H groups in total. The second-order valence-electron chi connectivity index (χ2n) is 6.59. The van der Waals surface area contributed by atoms with Crippen molar-refractivity contribution in [2.75, 3.05) is 0 Å². The van der Waals surface area contributed by atoms with Gasteiger partial charge in [-0.25, -0.2) is 0 Å². The van der Waals surface area contributed by atoms with Gasteiger partial charge in [0, 0.05) is 11.1 Å². The van der Waals surface area contributed by atoms with Gasteiger partial charge in [-0.15, -0.1) is 0 Å². The van der Waals surface area contributed by atoms with Gasteiger partial charge in [-0.3, -0.25) is 0 Å². The summed E-state index contributed by atoms with van der Waals surface area (Å²) in [4.78, 5) is 5.42. The third-order valence-corrected chi connectivity index (χ3v) is 4.27. The van der Waals surface area contributed by atoms with E-state index in [9.17, 15) is 26.3 Å². The molecule has 3 rings (SSSR count). The summed E-state index contributed by atoms with van der Waals surface area (Å²) in [5, 5.41) is 3.81. The van der Waals surface area contributed by atoms with Crippen LogP contribution in [0.5, 0.6) is 0 Å². The van der Waals surface area contributed by atoms with Crippen LogP contribution < -0.4 is 0 Å². The van der Waals surface area contributed by atoms with E-state index >= 15 is 0 Å². The van der Waals surface area contributed by atoms with Crippen molar-refractivity contribution in [2.24, 2.45) is 5.16 Å². The molecule has 0 aliphatic rings. The van der Waals surface area contributed by atoms with Gasteiger partial charge in [0.1, 0.15) is 0 Å². The topological polar surface area (TPSA) is 21.6 Å². The van der Waals surface area contributed by atoms with Crippen LogP contribution in [0, 0.1) is 11.8 Å². The van der Waals surface area contributed by atoms with E-state index in [0.29, 0.717) is 16.7 Å². The lowest BCUT2D eigenvalue weighted by molar-refractivity contribution is -0.138. The van der Waals surface area contributed by atoms with E-state index in [1.54, 1.807) is 30.3 Å². The zero-order chi connectivity index (χ0) is 23.2. The quantitative estimate of drug-likeness (QED) is 0.185. The van der Waals surface area contributed by atoms with Crippen LogP contribution >= 0.6 is 0 Å². The first-order valence-electron chi connectivity index (χ1n) is 9.23. The SMILES string of the molecule is FC(F)(F)c1ccc(C#CC(O/N=C/c2ccc(C(F)(F)F)cc2)c2ccccc2)cc1. The molecule has 0 aliphatic heterocycles. The Morgan fingerprint density at radius 3 is 1.78 bits per heavy atom. The van der Waals surface area contributed by atoms with Crippen molar-refractivity contribution in [1.82, 2.24) is 0 Å². The van der Waals surface area contributed by atoms with Crippen molar-refractivity contribution < 1.29 is 31.2 Å². The highest BCUT2D eigenvalue weighted by Gasteiger charge is 2.30. The fourth-order valence-corrected chi connectivity index (χ4v) is 2.60. The molecule has 32 heavy (non-hydrogen) atoms. The molecule has 1 unspecified atom stereocenters. The predicted octanol–water partition coefficient (Wildman–Crippen LogP) is 6.87. The third-order valence-electron chi connectivity index (χ3n) is 4.27. The Hall–Kier alpha value is -3.73. The highest BCUT2D eigenvalue weighted by Crippen LogP contribution is 2.30. The van der Waals surface area contributed by atoms with Gasteiger partial charge >= 0.3 is 12.4 Å². The van der Waals surface area contributed by atoms with Crippen LogP contribution in [-0.4, -0.2) is 6.21 Å². The Balaban J connectivity index is 1.76. The van der Waals surface area contributed by atoms with Crippen LogP contribution in [0.3, 0.4) is 0 Å². The average molecular weight is 447 g/mol. The smallest absolute Gasteiger partial charge is 0.374 e. The van der Waals surface area contributed by atoms with E-state index in [-0.39, 0.29) is 0 Å². The second-order valence-corrected chi connectivity index (χ2v) is 6.59.